The fraction of sp³-hybridized carbons (Fsp3) is 0.318. The summed E-state index contributed by atoms with van der Waals surface area (Å²) in [5, 5.41) is 4.23. The summed E-state index contributed by atoms with van der Waals surface area (Å²) in [5.74, 6) is 1.10. The number of thiophene rings is 3. The second-order valence-electron chi connectivity index (χ2n) is 7.22. The molecule has 0 amide bonds. The first-order valence-corrected chi connectivity index (χ1v) is 11.9. The summed E-state index contributed by atoms with van der Waals surface area (Å²) in [5.41, 5.74) is 1.28. The molecule has 27 heavy (non-hydrogen) atoms. The topological polar surface area (TPSA) is 26.3 Å². The van der Waals surface area contributed by atoms with Gasteiger partial charge in [0.1, 0.15) is 0 Å². The molecule has 1 saturated carbocycles. The monoisotopic (exact) mass is 412 g/mol. The van der Waals surface area contributed by atoms with Crippen LogP contribution in [0.25, 0.3) is 19.5 Å². The minimum absolute atomic E-state index is 0.00164. The molecular weight excluding hydrogens is 392 g/mol. The van der Waals surface area contributed by atoms with Crippen LogP contribution in [-0.4, -0.2) is 12.6 Å². The van der Waals surface area contributed by atoms with Crippen molar-refractivity contribution in [3.8, 4) is 19.5 Å². The molecule has 0 spiro atoms. The molecule has 2 nitrogen and oxygen atoms in total. The van der Waals surface area contributed by atoms with Crippen LogP contribution in [0.4, 0.5) is 0 Å². The molecule has 0 aliphatic heterocycles. The van der Waals surface area contributed by atoms with Gasteiger partial charge in [-0.25, -0.2) is 0 Å². The van der Waals surface area contributed by atoms with E-state index >= 15 is 0 Å². The molecule has 2 aliphatic rings. The van der Waals surface area contributed by atoms with Crippen molar-refractivity contribution >= 4 is 40.0 Å². The maximum atomic E-state index is 12.5. The van der Waals surface area contributed by atoms with Crippen LogP contribution in [0.5, 0.6) is 0 Å². The summed E-state index contributed by atoms with van der Waals surface area (Å²) in [6.07, 6.45) is 7.36. The average molecular weight is 413 g/mol. The van der Waals surface area contributed by atoms with E-state index in [0.717, 1.165) is 19.3 Å². The van der Waals surface area contributed by atoms with Crippen LogP contribution in [0.15, 0.2) is 53.2 Å². The van der Waals surface area contributed by atoms with Gasteiger partial charge in [0.15, 0.2) is 0 Å². The van der Waals surface area contributed by atoms with Crippen molar-refractivity contribution in [2.45, 2.75) is 19.3 Å². The number of esters is 1. The first-order chi connectivity index (χ1) is 13.3. The van der Waals surface area contributed by atoms with Gasteiger partial charge in [-0.3, -0.25) is 4.79 Å². The van der Waals surface area contributed by atoms with E-state index in [0.29, 0.717) is 18.4 Å². The zero-order valence-corrected chi connectivity index (χ0v) is 17.2. The van der Waals surface area contributed by atoms with Gasteiger partial charge in [0.25, 0.3) is 0 Å². The number of fused-ring (bicyclic) bond motifs is 2. The van der Waals surface area contributed by atoms with E-state index in [1.807, 2.05) is 11.3 Å². The summed E-state index contributed by atoms with van der Waals surface area (Å²) >= 11 is 5.38. The molecule has 0 N–H and O–H groups in total. The second-order valence-corrected chi connectivity index (χ2v) is 10.2. The summed E-state index contributed by atoms with van der Waals surface area (Å²) in [4.78, 5) is 17.7. The molecule has 3 aromatic rings. The molecule has 3 unspecified atom stereocenters. The second kappa shape index (κ2) is 7.38. The normalized spacial score (nSPS) is 23.2. The Balaban J connectivity index is 1.29. The predicted molar refractivity (Wildman–Crippen MR) is 114 cm³/mol. The SMILES string of the molecule is O=C(OCCc1cc(-c2cccs2)sc1-c1cccs1)C1CC2C=CC1C2. The van der Waals surface area contributed by atoms with Crippen molar-refractivity contribution in [1.82, 2.24) is 0 Å². The third-order valence-corrected chi connectivity index (χ3v) is 8.81. The fourth-order valence-corrected chi connectivity index (χ4v) is 7.12. The van der Waals surface area contributed by atoms with Gasteiger partial charge in [0.2, 0.25) is 0 Å². The Morgan fingerprint density at radius 1 is 1.04 bits per heavy atom. The van der Waals surface area contributed by atoms with Crippen LogP contribution in [0.1, 0.15) is 18.4 Å². The summed E-state index contributed by atoms with van der Waals surface area (Å²) in [7, 11) is 0. The molecule has 3 atom stereocenters. The van der Waals surface area contributed by atoms with E-state index in [-0.39, 0.29) is 11.9 Å². The van der Waals surface area contributed by atoms with Gasteiger partial charge in [-0.2, -0.15) is 0 Å². The number of ether oxygens (including phenoxy) is 1. The van der Waals surface area contributed by atoms with Crippen molar-refractivity contribution in [2.24, 2.45) is 17.8 Å². The number of allylic oxidation sites excluding steroid dienone is 2. The van der Waals surface area contributed by atoms with Crippen molar-refractivity contribution in [1.29, 1.82) is 0 Å². The molecule has 0 radical (unpaired) electrons. The zero-order valence-electron chi connectivity index (χ0n) is 14.8. The first kappa shape index (κ1) is 17.4. The van der Waals surface area contributed by atoms with Crippen LogP contribution in [0.3, 0.4) is 0 Å². The van der Waals surface area contributed by atoms with E-state index < -0.39 is 0 Å². The Hall–Kier alpha value is -1.69. The lowest BCUT2D eigenvalue weighted by Gasteiger charge is -2.16. The molecule has 5 heteroatoms. The maximum absolute atomic E-state index is 12.5. The van der Waals surface area contributed by atoms with E-state index in [4.69, 9.17) is 4.74 Å². The Bertz CT molecular complexity index is 950. The van der Waals surface area contributed by atoms with E-state index in [1.54, 1.807) is 22.7 Å². The summed E-state index contributed by atoms with van der Waals surface area (Å²) < 4.78 is 5.69. The van der Waals surface area contributed by atoms with Gasteiger partial charge >= 0.3 is 5.97 Å². The minimum atomic E-state index is -0.00164. The van der Waals surface area contributed by atoms with Crippen molar-refractivity contribution < 1.29 is 9.53 Å². The molecule has 2 bridgehead atoms. The Morgan fingerprint density at radius 3 is 2.52 bits per heavy atom. The quantitative estimate of drug-likeness (QED) is 0.341. The maximum Gasteiger partial charge on any atom is 0.309 e. The molecule has 3 heterocycles. The van der Waals surface area contributed by atoms with E-state index in [2.05, 4.69) is 53.2 Å². The Labute approximate surface area is 171 Å². The highest BCUT2D eigenvalue weighted by atomic mass is 32.1. The van der Waals surface area contributed by atoms with Gasteiger partial charge in [0.05, 0.1) is 12.5 Å². The summed E-state index contributed by atoms with van der Waals surface area (Å²) in [6, 6.07) is 10.8. The molecule has 1 fully saturated rings. The lowest BCUT2D eigenvalue weighted by Crippen LogP contribution is -2.22. The van der Waals surface area contributed by atoms with Gasteiger partial charge < -0.3 is 4.74 Å². The van der Waals surface area contributed by atoms with E-state index in [9.17, 15) is 4.79 Å². The lowest BCUT2D eigenvalue weighted by molar-refractivity contribution is -0.149. The first-order valence-electron chi connectivity index (χ1n) is 9.33. The third kappa shape index (κ3) is 3.44. The molecule has 0 saturated heterocycles. The molecule has 5 rings (SSSR count). The van der Waals surface area contributed by atoms with Gasteiger partial charge in [0, 0.05) is 25.9 Å². The van der Waals surface area contributed by atoms with Crippen LogP contribution in [0.2, 0.25) is 0 Å². The molecular formula is C22H20O2S3. The highest BCUT2D eigenvalue weighted by Gasteiger charge is 2.40. The number of rotatable bonds is 6. The molecule has 138 valence electrons. The summed E-state index contributed by atoms with van der Waals surface area (Å²) in [6.45, 7) is 0.468. The highest BCUT2D eigenvalue weighted by molar-refractivity contribution is 7.26. The van der Waals surface area contributed by atoms with Gasteiger partial charge in [-0.1, -0.05) is 24.3 Å². The highest BCUT2D eigenvalue weighted by Crippen LogP contribution is 2.44. The zero-order chi connectivity index (χ0) is 18.2. The fourth-order valence-electron chi connectivity index (χ4n) is 4.19. The van der Waals surface area contributed by atoms with Crippen molar-refractivity contribution in [3.05, 3.63) is 58.8 Å². The number of carbonyl (C=O) groups excluding carboxylic acids is 1. The predicted octanol–water partition coefficient (Wildman–Crippen LogP) is 6.50. The third-order valence-electron chi connectivity index (χ3n) is 5.52. The van der Waals surface area contributed by atoms with E-state index in [1.165, 1.54) is 25.1 Å². The lowest BCUT2D eigenvalue weighted by atomic mass is 9.94. The molecule has 2 aliphatic carbocycles. The number of hydrogen-bond donors (Lipinski definition) is 0. The molecule has 3 aromatic heterocycles. The van der Waals surface area contributed by atoms with Crippen molar-refractivity contribution in [2.75, 3.05) is 6.61 Å². The van der Waals surface area contributed by atoms with Gasteiger partial charge in [-0.15, -0.1) is 34.0 Å². The largest absolute Gasteiger partial charge is 0.465 e. The minimum Gasteiger partial charge on any atom is -0.465 e. The van der Waals surface area contributed by atoms with Crippen LogP contribution < -0.4 is 0 Å². The number of hydrogen-bond acceptors (Lipinski definition) is 5. The number of carbonyl (C=O) groups is 1. The Morgan fingerprint density at radius 2 is 1.85 bits per heavy atom. The smallest absolute Gasteiger partial charge is 0.309 e. The van der Waals surface area contributed by atoms with Gasteiger partial charge in [-0.05, 0) is 59.2 Å². The average Bonchev–Trinajstić information content (AvgIpc) is 3.50. The van der Waals surface area contributed by atoms with Crippen molar-refractivity contribution in [3.63, 3.8) is 0 Å². The van der Waals surface area contributed by atoms with Crippen LogP contribution >= 0.6 is 34.0 Å². The Kier molecular flexibility index (Phi) is 4.76. The molecule has 0 aromatic carbocycles. The van der Waals surface area contributed by atoms with Crippen LogP contribution in [0, 0.1) is 17.8 Å². The van der Waals surface area contributed by atoms with Crippen LogP contribution in [-0.2, 0) is 16.0 Å². The standard InChI is InChI=1S/C22H20O2S3/c23-22(17-12-14-5-6-15(17)11-14)24-8-7-16-13-20(18-3-1-9-25-18)27-21(16)19-4-2-10-26-19/h1-6,9-10,13-15,17H,7-8,11-12H2.